The average molecular weight is 443 g/mol. The molecule has 4 aromatic rings. The smallest absolute Gasteiger partial charge is 0.236 e. The quantitative estimate of drug-likeness (QED) is 0.324. The van der Waals surface area contributed by atoms with Crippen LogP contribution in [0.1, 0.15) is 5.01 Å². The van der Waals surface area contributed by atoms with E-state index < -0.39 is 0 Å². The SMILES string of the molecule is C=CCn1c(SCC(=O)Nc2nnc(C)s2)nnc1-c1cc2cccc(OC)c2o1. The van der Waals surface area contributed by atoms with Crippen molar-refractivity contribution in [3.05, 3.63) is 41.9 Å². The number of nitrogens with one attached hydrogen (secondary N) is 1. The Morgan fingerprint density at radius 1 is 1.37 bits per heavy atom. The molecule has 0 atom stereocenters. The molecule has 0 aliphatic heterocycles. The second-order valence-electron chi connectivity index (χ2n) is 6.16. The lowest BCUT2D eigenvalue weighted by molar-refractivity contribution is -0.113. The molecule has 3 heterocycles. The summed E-state index contributed by atoms with van der Waals surface area (Å²) in [5.41, 5.74) is 0.643. The molecule has 154 valence electrons. The van der Waals surface area contributed by atoms with E-state index in [2.05, 4.69) is 32.3 Å². The Kier molecular flexibility index (Phi) is 5.81. The number of carbonyl (C=O) groups is 1. The van der Waals surface area contributed by atoms with Crippen molar-refractivity contribution in [2.45, 2.75) is 18.6 Å². The van der Waals surface area contributed by atoms with Gasteiger partial charge in [0, 0.05) is 11.9 Å². The van der Waals surface area contributed by atoms with E-state index in [0.29, 0.717) is 39.7 Å². The van der Waals surface area contributed by atoms with Gasteiger partial charge in [-0.2, -0.15) is 0 Å². The molecule has 1 amide bonds. The zero-order chi connectivity index (χ0) is 21.1. The molecule has 4 rings (SSSR count). The van der Waals surface area contributed by atoms with Crippen molar-refractivity contribution in [2.24, 2.45) is 0 Å². The van der Waals surface area contributed by atoms with Gasteiger partial charge in [0.05, 0.1) is 12.9 Å². The molecule has 0 saturated heterocycles. The predicted molar refractivity (Wildman–Crippen MR) is 116 cm³/mol. The van der Waals surface area contributed by atoms with Crippen LogP contribution in [-0.4, -0.2) is 43.7 Å². The highest BCUT2D eigenvalue weighted by Crippen LogP contribution is 2.33. The third-order valence-corrected chi connectivity index (χ3v) is 5.80. The number of furan rings is 1. The number of hydrogen-bond donors (Lipinski definition) is 1. The van der Waals surface area contributed by atoms with Crippen LogP contribution >= 0.6 is 23.1 Å². The minimum atomic E-state index is -0.195. The number of benzene rings is 1. The van der Waals surface area contributed by atoms with Crippen LogP contribution in [0.2, 0.25) is 0 Å². The molecule has 9 nitrogen and oxygen atoms in total. The molecule has 0 spiro atoms. The molecule has 0 fully saturated rings. The molecule has 0 unspecified atom stereocenters. The molecule has 0 bridgehead atoms. The van der Waals surface area contributed by atoms with Gasteiger partial charge in [-0.15, -0.1) is 27.0 Å². The fourth-order valence-electron chi connectivity index (χ4n) is 2.81. The van der Waals surface area contributed by atoms with E-state index in [4.69, 9.17) is 9.15 Å². The molecule has 30 heavy (non-hydrogen) atoms. The van der Waals surface area contributed by atoms with Crippen LogP contribution in [-0.2, 0) is 11.3 Å². The maximum Gasteiger partial charge on any atom is 0.236 e. The first kappa shape index (κ1) is 20.1. The molecule has 1 aromatic carbocycles. The lowest BCUT2D eigenvalue weighted by Crippen LogP contribution is -2.14. The van der Waals surface area contributed by atoms with Gasteiger partial charge >= 0.3 is 0 Å². The van der Waals surface area contributed by atoms with Crippen LogP contribution < -0.4 is 10.1 Å². The number of hydrogen-bond acceptors (Lipinski definition) is 9. The Labute approximate surface area is 180 Å². The maximum atomic E-state index is 12.2. The number of nitrogens with zero attached hydrogens (tertiary/aromatic N) is 5. The zero-order valence-corrected chi connectivity index (χ0v) is 17.9. The number of aryl methyl sites for hydroxylation is 1. The van der Waals surface area contributed by atoms with Gasteiger partial charge in [0.25, 0.3) is 0 Å². The molecule has 0 aliphatic rings. The first-order chi connectivity index (χ1) is 14.6. The van der Waals surface area contributed by atoms with Gasteiger partial charge < -0.3 is 9.15 Å². The molecule has 1 N–H and O–H groups in total. The summed E-state index contributed by atoms with van der Waals surface area (Å²) in [6.45, 7) is 6.10. The van der Waals surface area contributed by atoms with Gasteiger partial charge in [0.15, 0.2) is 22.2 Å². The number of thioether (sulfide) groups is 1. The van der Waals surface area contributed by atoms with E-state index in [1.807, 2.05) is 35.8 Å². The number of methoxy groups -OCH3 is 1. The van der Waals surface area contributed by atoms with Crippen molar-refractivity contribution in [3.8, 4) is 17.3 Å². The average Bonchev–Trinajstić information content (AvgIpc) is 3.44. The van der Waals surface area contributed by atoms with Crippen LogP contribution in [0.4, 0.5) is 5.13 Å². The first-order valence-electron chi connectivity index (χ1n) is 8.93. The third-order valence-electron chi connectivity index (χ3n) is 4.08. The van der Waals surface area contributed by atoms with Crippen molar-refractivity contribution in [1.29, 1.82) is 0 Å². The number of fused-ring (bicyclic) bond motifs is 1. The molecule has 0 radical (unpaired) electrons. The summed E-state index contributed by atoms with van der Waals surface area (Å²) in [5.74, 6) is 1.72. The van der Waals surface area contributed by atoms with Crippen LogP contribution in [0.15, 0.2) is 46.5 Å². The number of amides is 1. The van der Waals surface area contributed by atoms with Crippen LogP contribution in [0.5, 0.6) is 5.75 Å². The second kappa shape index (κ2) is 8.67. The minimum absolute atomic E-state index is 0.155. The fraction of sp³-hybridized carbons (Fsp3) is 0.211. The topological polar surface area (TPSA) is 108 Å². The van der Waals surface area contributed by atoms with E-state index in [1.165, 1.54) is 23.1 Å². The van der Waals surface area contributed by atoms with Gasteiger partial charge in [-0.25, -0.2) is 0 Å². The number of rotatable bonds is 8. The highest BCUT2D eigenvalue weighted by Gasteiger charge is 2.19. The Balaban J connectivity index is 1.56. The number of carbonyl (C=O) groups excluding carboxylic acids is 1. The van der Waals surface area contributed by atoms with Crippen molar-refractivity contribution in [3.63, 3.8) is 0 Å². The standard InChI is InChI=1S/C19H18N6O3S2/c1-4-8-25-17(14-9-12-6-5-7-13(27-3)16(12)28-14)22-24-19(25)29-10-15(26)20-18-23-21-11(2)30-18/h4-7,9H,1,8,10H2,2-3H3,(H,20,23,26). The van der Waals surface area contributed by atoms with Gasteiger partial charge in [0.2, 0.25) is 16.9 Å². The third kappa shape index (κ3) is 4.07. The lowest BCUT2D eigenvalue weighted by atomic mass is 10.2. The molecular weight excluding hydrogens is 424 g/mol. The molecule has 0 aliphatic carbocycles. The zero-order valence-electron chi connectivity index (χ0n) is 16.3. The summed E-state index contributed by atoms with van der Waals surface area (Å²) < 4.78 is 13.2. The fourth-order valence-corrected chi connectivity index (χ4v) is 4.17. The van der Waals surface area contributed by atoms with Gasteiger partial charge in [-0.3, -0.25) is 14.7 Å². The van der Waals surface area contributed by atoms with E-state index in [-0.39, 0.29) is 11.7 Å². The number of ether oxygens (including phenoxy) is 1. The van der Waals surface area contributed by atoms with E-state index in [0.717, 1.165) is 10.4 Å². The van der Waals surface area contributed by atoms with Crippen molar-refractivity contribution >= 4 is 45.1 Å². The number of allylic oxidation sites excluding steroid dienone is 1. The summed E-state index contributed by atoms with van der Waals surface area (Å²) in [7, 11) is 1.60. The van der Waals surface area contributed by atoms with Crippen molar-refractivity contribution in [2.75, 3.05) is 18.2 Å². The molecular formula is C19H18N6O3S2. The Bertz CT molecular complexity index is 1210. The highest BCUT2D eigenvalue weighted by molar-refractivity contribution is 7.99. The second-order valence-corrected chi connectivity index (χ2v) is 8.28. The Morgan fingerprint density at radius 2 is 2.23 bits per heavy atom. The summed E-state index contributed by atoms with van der Waals surface area (Å²) in [6, 6.07) is 7.56. The molecule has 3 aromatic heterocycles. The van der Waals surface area contributed by atoms with Crippen LogP contribution in [0.25, 0.3) is 22.6 Å². The van der Waals surface area contributed by atoms with Gasteiger partial charge in [-0.05, 0) is 19.1 Å². The van der Waals surface area contributed by atoms with Crippen LogP contribution in [0, 0.1) is 6.92 Å². The number of anilines is 1. The molecule has 11 heteroatoms. The van der Waals surface area contributed by atoms with E-state index in [1.54, 1.807) is 13.2 Å². The minimum Gasteiger partial charge on any atom is -0.493 e. The first-order valence-corrected chi connectivity index (χ1v) is 10.7. The number of para-hydroxylation sites is 1. The van der Waals surface area contributed by atoms with Gasteiger partial charge in [-0.1, -0.05) is 41.3 Å². The highest BCUT2D eigenvalue weighted by atomic mass is 32.2. The van der Waals surface area contributed by atoms with E-state index >= 15 is 0 Å². The largest absolute Gasteiger partial charge is 0.493 e. The summed E-state index contributed by atoms with van der Waals surface area (Å²) in [6.07, 6.45) is 1.74. The predicted octanol–water partition coefficient (Wildman–Crippen LogP) is 3.78. The monoisotopic (exact) mass is 442 g/mol. The van der Waals surface area contributed by atoms with Crippen molar-refractivity contribution < 1.29 is 13.9 Å². The lowest BCUT2D eigenvalue weighted by Gasteiger charge is -2.06. The molecule has 0 saturated carbocycles. The Hall–Kier alpha value is -3.18. The number of aromatic nitrogens is 5. The van der Waals surface area contributed by atoms with Crippen molar-refractivity contribution in [1.82, 2.24) is 25.0 Å². The van der Waals surface area contributed by atoms with E-state index in [9.17, 15) is 4.79 Å². The summed E-state index contributed by atoms with van der Waals surface area (Å²) >= 11 is 2.59. The maximum absolute atomic E-state index is 12.2. The summed E-state index contributed by atoms with van der Waals surface area (Å²) in [5, 5.41) is 21.8. The summed E-state index contributed by atoms with van der Waals surface area (Å²) in [4.78, 5) is 12.2. The Morgan fingerprint density at radius 3 is 2.97 bits per heavy atom. The normalized spacial score (nSPS) is 11.0. The van der Waals surface area contributed by atoms with Crippen LogP contribution in [0.3, 0.4) is 0 Å². The van der Waals surface area contributed by atoms with Gasteiger partial charge in [0.1, 0.15) is 5.01 Å².